The number of amides is 1. The van der Waals surface area contributed by atoms with Crippen LogP contribution < -0.4 is 15.0 Å². The molecule has 0 aliphatic carbocycles. The van der Waals surface area contributed by atoms with Crippen molar-refractivity contribution in [2.45, 2.75) is 12.8 Å². The summed E-state index contributed by atoms with van der Waals surface area (Å²) in [5.41, 5.74) is 3.19. The van der Waals surface area contributed by atoms with Gasteiger partial charge in [-0.15, -0.1) is 0 Å². The molecule has 0 heterocycles. The number of hydrogen-bond donors (Lipinski definition) is 1. The fourth-order valence-corrected chi connectivity index (χ4v) is 2.27. The van der Waals surface area contributed by atoms with Crippen LogP contribution in [0.4, 0.5) is 5.69 Å². The van der Waals surface area contributed by atoms with Crippen molar-refractivity contribution in [2.75, 3.05) is 32.6 Å². The number of anilines is 1. The van der Waals surface area contributed by atoms with Crippen molar-refractivity contribution >= 4 is 11.6 Å². The maximum atomic E-state index is 11.9. The van der Waals surface area contributed by atoms with Gasteiger partial charge in [0, 0.05) is 31.8 Å². The first-order valence-corrected chi connectivity index (χ1v) is 8.24. The third kappa shape index (κ3) is 6.23. The van der Waals surface area contributed by atoms with E-state index < -0.39 is 0 Å². The molecular weight excluding hydrogens is 312 g/mol. The standard InChI is InChI=1S/C21H24N2O2/c1-23(2)19-11-6-17(7-12-19)5-4-16-22-21(24)15-10-18-8-13-20(25-3)14-9-18/h6-9,11-14H,10,15-16H2,1-3H3,(H,22,24). The molecule has 0 spiro atoms. The second-order valence-corrected chi connectivity index (χ2v) is 5.87. The lowest BCUT2D eigenvalue weighted by Gasteiger charge is -2.11. The Morgan fingerprint density at radius 3 is 2.36 bits per heavy atom. The third-order valence-corrected chi connectivity index (χ3v) is 3.79. The molecule has 0 unspecified atom stereocenters. The second kappa shape index (κ2) is 9.39. The van der Waals surface area contributed by atoms with Gasteiger partial charge in [0.05, 0.1) is 13.7 Å². The minimum atomic E-state index is 0.00748. The Labute approximate surface area is 149 Å². The zero-order chi connectivity index (χ0) is 18.1. The molecule has 0 aromatic heterocycles. The number of ether oxygens (including phenoxy) is 1. The van der Waals surface area contributed by atoms with Gasteiger partial charge in [0.25, 0.3) is 0 Å². The Kier molecular flexibility index (Phi) is 6.91. The van der Waals surface area contributed by atoms with E-state index in [0.717, 1.165) is 22.6 Å². The number of hydrogen-bond acceptors (Lipinski definition) is 3. The van der Waals surface area contributed by atoms with E-state index in [4.69, 9.17) is 4.74 Å². The van der Waals surface area contributed by atoms with Crippen molar-refractivity contribution in [1.82, 2.24) is 5.32 Å². The molecule has 0 radical (unpaired) electrons. The van der Waals surface area contributed by atoms with Crippen LogP contribution in [0.25, 0.3) is 0 Å². The first kappa shape index (κ1) is 18.4. The summed E-state index contributed by atoms with van der Waals surface area (Å²) < 4.78 is 5.12. The number of aryl methyl sites for hydroxylation is 1. The minimum Gasteiger partial charge on any atom is -0.497 e. The SMILES string of the molecule is COc1ccc(CCC(=O)NCC#Cc2ccc(N(C)C)cc2)cc1. The molecule has 0 saturated carbocycles. The van der Waals surface area contributed by atoms with E-state index in [-0.39, 0.29) is 5.91 Å². The number of nitrogens with zero attached hydrogens (tertiary/aromatic N) is 1. The maximum absolute atomic E-state index is 11.9. The third-order valence-electron chi connectivity index (χ3n) is 3.79. The molecular formula is C21H24N2O2. The number of carbonyl (C=O) groups is 1. The van der Waals surface area contributed by atoms with Crippen molar-refractivity contribution in [3.05, 3.63) is 59.7 Å². The number of carbonyl (C=O) groups excluding carboxylic acids is 1. The predicted octanol–water partition coefficient (Wildman–Crippen LogP) is 2.86. The summed E-state index contributed by atoms with van der Waals surface area (Å²) in [7, 11) is 5.64. The van der Waals surface area contributed by atoms with Gasteiger partial charge in [0.2, 0.25) is 5.91 Å². The van der Waals surface area contributed by atoms with Crippen LogP contribution in [0.1, 0.15) is 17.5 Å². The number of benzene rings is 2. The van der Waals surface area contributed by atoms with Crippen LogP contribution in [-0.4, -0.2) is 33.7 Å². The van der Waals surface area contributed by atoms with E-state index in [9.17, 15) is 4.79 Å². The summed E-state index contributed by atoms with van der Waals surface area (Å²) in [6, 6.07) is 15.8. The average molecular weight is 336 g/mol. The van der Waals surface area contributed by atoms with Crippen LogP contribution in [-0.2, 0) is 11.2 Å². The van der Waals surface area contributed by atoms with E-state index in [1.54, 1.807) is 7.11 Å². The summed E-state index contributed by atoms with van der Waals surface area (Å²) in [6.07, 6.45) is 1.15. The van der Waals surface area contributed by atoms with Crippen molar-refractivity contribution < 1.29 is 9.53 Å². The molecule has 4 heteroatoms. The molecule has 4 nitrogen and oxygen atoms in total. The maximum Gasteiger partial charge on any atom is 0.221 e. The Bertz CT molecular complexity index is 738. The van der Waals surface area contributed by atoms with Gasteiger partial charge in [-0.1, -0.05) is 24.0 Å². The van der Waals surface area contributed by atoms with Crippen molar-refractivity contribution in [1.29, 1.82) is 0 Å². The van der Waals surface area contributed by atoms with Crippen LogP contribution in [0, 0.1) is 11.8 Å². The molecule has 2 aromatic rings. The van der Waals surface area contributed by atoms with Crippen LogP contribution >= 0.6 is 0 Å². The molecule has 25 heavy (non-hydrogen) atoms. The molecule has 2 aromatic carbocycles. The molecule has 0 fully saturated rings. The van der Waals surface area contributed by atoms with Gasteiger partial charge in [-0.25, -0.2) is 0 Å². The Balaban J connectivity index is 1.73. The summed E-state index contributed by atoms with van der Waals surface area (Å²) >= 11 is 0. The summed E-state index contributed by atoms with van der Waals surface area (Å²) in [5.74, 6) is 6.87. The van der Waals surface area contributed by atoms with Crippen molar-refractivity contribution in [2.24, 2.45) is 0 Å². The van der Waals surface area contributed by atoms with Gasteiger partial charge < -0.3 is 15.0 Å². The lowest BCUT2D eigenvalue weighted by Crippen LogP contribution is -2.23. The fourth-order valence-electron chi connectivity index (χ4n) is 2.27. The summed E-state index contributed by atoms with van der Waals surface area (Å²) in [6.45, 7) is 0.358. The monoisotopic (exact) mass is 336 g/mol. The molecule has 0 bridgehead atoms. The summed E-state index contributed by atoms with van der Waals surface area (Å²) in [5, 5.41) is 2.83. The second-order valence-electron chi connectivity index (χ2n) is 5.87. The van der Waals surface area contributed by atoms with Gasteiger partial charge >= 0.3 is 0 Å². The number of rotatable bonds is 6. The lowest BCUT2D eigenvalue weighted by atomic mass is 10.1. The Morgan fingerprint density at radius 1 is 1.08 bits per heavy atom. The Hall–Kier alpha value is -2.93. The first-order chi connectivity index (χ1) is 12.1. The highest BCUT2D eigenvalue weighted by atomic mass is 16.5. The Morgan fingerprint density at radius 2 is 1.76 bits per heavy atom. The first-order valence-electron chi connectivity index (χ1n) is 8.24. The van der Waals surface area contributed by atoms with E-state index in [0.29, 0.717) is 19.4 Å². The van der Waals surface area contributed by atoms with Crippen molar-refractivity contribution in [3.8, 4) is 17.6 Å². The van der Waals surface area contributed by atoms with E-state index in [1.807, 2.05) is 67.5 Å². The molecule has 2 rings (SSSR count). The minimum absolute atomic E-state index is 0.00748. The van der Waals surface area contributed by atoms with Gasteiger partial charge in [-0.3, -0.25) is 4.79 Å². The lowest BCUT2D eigenvalue weighted by molar-refractivity contribution is -0.120. The molecule has 0 atom stereocenters. The van der Waals surface area contributed by atoms with Gasteiger partial charge in [-0.05, 0) is 48.4 Å². The normalized spacial score (nSPS) is 9.72. The average Bonchev–Trinajstić information content (AvgIpc) is 2.64. The molecule has 0 aliphatic rings. The highest BCUT2D eigenvalue weighted by Gasteiger charge is 2.01. The molecule has 1 N–H and O–H groups in total. The van der Waals surface area contributed by atoms with E-state index in [1.165, 1.54) is 0 Å². The highest BCUT2D eigenvalue weighted by Crippen LogP contribution is 2.12. The predicted molar refractivity (Wildman–Crippen MR) is 102 cm³/mol. The number of nitrogens with one attached hydrogen (secondary N) is 1. The summed E-state index contributed by atoms with van der Waals surface area (Å²) in [4.78, 5) is 13.9. The number of methoxy groups -OCH3 is 1. The zero-order valence-electron chi connectivity index (χ0n) is 15.0. The van der Waals surface area contributed by atoms with E-state index in [2.05, 4.69) is 17.2 Å². The quantitative estimate of drug-likeness (QED) is 0.825. The van der Waals surface area contributed by atoms with Gasteiger partial charge in [0.15, 0.2) is 0 Å². The van der Waals surface area contributed by atoms with Gasteiger partial charge in [-0.2, -0.15) is 0 Å². The zero-order valence-corrected chi connectivity index (χ0v) is 15.0. The fraction of sp³-hybridized carbons (Fsp3) is 0.286. The van der Waals surface area contributed by atoms with Crippen LogP contribution in [0.15, 0.2) is 48.5 Å². The topological polar surface area (TPSA) is 41.6 Å². The molecule has 130 valence electrons. The molecule has 0 saturated heterocycles. The van der Waals surface area contributed by atoms with Crippen LogP contribution in [0.5, 0.6) is 5.75 Å². The largest absolute Gasteiger partial charge is 0.497 e. The van der Waals surface area contributed by atoms with Crippen LogP contribution in [0.3, 0.4) is 0 Å². The smallest absolute Gasteiger partial charge is 0.221 e. The van der Waals surface area contributed by atoms with E-state index >= 15 is 0 Å². The van der Waals surface area contributed by atoms with Crippen LogP contribution in [0.2, 0.25) is 0 Å². The molecule has 0 aliphatic heterocycles. The van der Waals surface area contributed by atoms with Crippen molar-refractivity contribution in [3.63, 3.8) is 0 Å². The highest BCUT2D eigenvalue weighted by molar-refractivity contribution is 5.76. The molecule has 1 amide bonds. The van der Waals surface area contributed by atoms with Gasteiger partial charge in [0.1, 0.15) is 5.75 Å².